The first-order valence-electron chi connectivity index (χ1n) is 7.91. The van der Waals surface area contributed by atoms with Crippen molar-refractivity contribution in [3.05, 3.63) is 11.1 Å². The Bertz CT molecular complexity index is 624. The van der Waals surface area contributed by atoms with E-state index in [-0.39, 0.29) is 6.04 Å². The first-order valence-corrected chi connectivity index (χ1v) is 8.73. The Hall–Kier alpha value is -1.47. The van der Waals surface area contributed by atoms with Crippen LogP contribution in [0.25, 0.3) is 11.4 Å². The summed E-state index contributed by atoms with van der Waals surface area (Å²) >= 11 is 1.75. The van der Waals surface area contributed by atoms with Crippen molar-refractivity contribution >= 4 is 16.5 Å². The van der Waals surface area contributed by atoms with Gasteiger partial charge in [-0.25, -0.2) is 4.98 Å². The second-order valence-electron chi connectivity index (χ2n) is 6.37. The summed E-state index contributed by atoms with van der Waals surface area (Å²) in [6, 6.07) is 0.0666. The van der Waals surface area contributed by atoms with E-state index in [1.54, 1.807) is 16.0 Å². The number of thiazole rings is 1. The van der Waals surface area contributed by atoms with Gasteiger partial charge >= 0.3 is 0 Å². The molecule has 1 fully saturated rings. The van der Waals surface area contributed by atoms with Crippen molar-refractivity contribution in [2.45, 2.75) is 46.2 Å². The molecule has 0 unspecified atom stereocenters. The maximum absolute atomic E-state index is 5.81. The van der Waals surface area contributed by atoms with Gasteiger partial charge in [-0.3, -0.25) is 4.68 Å². The minimum Gasteiger partial charge on any atom is -0.348 e. The van der Waals surface area contributed by atoms with E-state index >= 15 is 0 Å². The van der Waals surface area contributed by atoms with Crippen LogP contribution in [-0.2, 0) is 6.54 Å². The Kier molecular flexibility index (Phi) is 4.44. The number of hydrogen-bond acceptors (Lipinski definition) is 6. The summed E-state index contributed by atoms with van der Waals surface area (Å²) in [5.41, 5.74) is 7.60. The van der Waals surface area contributed by atoms with Gasteiger partial charge < -0.3 is 10.6 Å². The van der Waals surface area contributed by atoms with Gasteiger partial charge in [0.05, 0.1) is 12.7 Å². The van der Waals surface area contributed by atoms with Crippen LogP contribution in [0, 0.1) is 12.8 Å². The van der Waals surface area contributed by atoms with Crippen molar-refractivity contribution in [3.8, 4) is 11.4 Å². The van der Waals surface area contributed by atoms with Crippen molar-refractivity contribution in [2.75, 3.05) is 18.0 Å². The zero-order chi connectivity index (χ0) is 15.7. The number of nitrogens with zero attached hydrogens (tertiary/aromatic N) is 5. The van der Waals surface area contributed by atoms with E-state index < -0.39 is 0 Å². The number of rotatable bonds is 4. The summed E-state index contributed by atoms with van der Waals surface area (Å²) in [6.45, 7) is 9.27. The minimum absolute atomic E-state index is 0.0666. The highest BCUT2D eigenvalue weighted by Crippen LogP contribution is 2.33. The number of anilines is 1. The summed E-state index contributed by atoms with van der Waals surface area (Å²) in [6.07, 6.45) is 4.44. The molecule has 3 rings (SSSR count). The Balaban J connectivity index is 1.78. The molecular weight excluding hydrogens is 296 g/mol. The van der Waals surface area contributed by atoms with E-state index in [4.69, 9.17) is 10.7 Å². The van der Waals surface area contributed by atoms with Gasteiger partial charge in [0, 0.05) is 24.0 Å². The van der Waals surface area contributed by atoms with Gasteiger partial charge in [-0.15, -0.1) is 16.4 Å². The van der Waals surface area contributed by atoms with Crippen LogP contribution >= 0.6 is 11.3 Å². The van der Waals surface area contributed by atoms with E-state index in [1.807, 2.05) is 13.1 Å². The second-order valence-corrected chi connectivity index (χ2v) is 7.56. The van der Waals surface area contributed by atoms with Gasteiger partial charge in [-0.2, -0.15) is 0 Å². The van der Waals surface area contributed by atoms with Crippen LogP contribution < -0.4 is 10.6 Å². The molecular formula is C15H24N6S. The molecule has 0 aliphatic carbocycles. The van der Waals surface area contributed by atoms with Gasteiger partial charge in [0.1, 0.15) is 11.4 Å². The molecule has 1 atom stereocenters. The molecule has 1 aliphatic rings. The lowest BCUT2D eigenvalue weighted by Crippen LogP contribution is -2.32. The van der Waals surface area contributed by atoms with Crippen LogP contribution in [0.4, 0.5) is 5.13 Å². The number of hydrogen-bond donors (Lipinski definition) is 1. The normalized spacial score (nSPS) is 17.9. The Morgan fingerprint density at radius 1 is 1.41 bits per heavy atom. The first-order chi connectivity index (χ1) is 10.5. The quantitative estimate of drug-likeness (QED) is 0.936. The largest absolute Gasteiger partial charge is 0.348 e. The lowest BCUT2D eigenvalue weighted by atomic mass is 10.00. The third-order valence-corrected chi connectivity index (χ3v) is 5.13. The highest BCUT2D eigenvalue weighted by molar-refractivity contribution is 7.16. The summed E-state index contributed by atoms with van der Waals surface area (Å²) in [4.78, 5) is 8.41. The Morgan fingerprint density at radius 3 is 2.82 bits per heavy atom. The lowest BCUT2D eigenvalue weighted by molar-refractivity contribution is 0.438. The molecule has 0 radical (unpaired) electrons. The van der Waals surface area contributed by atoms with E-state index in [2.05, 4.69) is 29.1 Å². The van der Waals surface area contributed by atoms with Gasteiger partial charge in [0.25, 0.3) is 0 Å². The summed E-state index contributed by atoms with van der Waals surface area (Å²) < 4.78 is 1.79. The smallest absolute Gasteiger partial charge is 0.186 e. The molecule has 3 heterocycles. The highest BCUT2D eigenvalue weighted by atomic mass is 32.1. The maximum Gasteiger partial charge on any atom is 0.186 e. The number of nitrogens with two attached hydrogens (primary N) is 1. The zero-order valence-electron chi connectivity index (χ0n) is 13.5. The van der Waals surface area contributed by atoms with Crippen molar-refractivity contribution < 1.29 is 0 Å². The number of aryl methyl sites for hydroxylation is 1. The summed E-state index contributed by atoms with van der Waals surface area (Å²) in [5, 5.41) is 9.51. The molecule has 0 aromatic carbocycles. The average Bonchev–Trinajstić information content (AvgIpc) is 3.05. The molecule has 1 aliphatic heterocycles. The van der Waals surface area contributed by atoms with E-state index in [9.17, 15) is 0 Å². The van der Waals surface area contributed by atoms with E-state index in [1.165, 1.54) is 17.7 Å². The average molecular weight is 320 g/mol. The van der Waals surface area contributed by atoms with Crippen molar-refractivity contribution in [3.63, 3.8) is 0 Å². The van der Waals surface area contributed by atoms with Crippen molar-refractivity contribution in [1.82, 2.24) is 20.0 Å². The Labute approximate surface area is 135 Å². The van der Waals surface area contributed by atoms with Gasteiger partial charge in [0.2, 0.25) is 0 Å². The molecule has 2 N–H and O–H groups in total. The fourth-order valence-corrected chi connectivity index (χ4v) is 3.72. The van der Waals surface area contributed by atoms with Gasteiger partial charge in [0.15, 0.2) is 5.13 Å². The number of aromatic nitrogens is 4. The van der Waals surface area contributed by atoms with Crippen molar-refractivity contribution in [1.29, 1.82) is 0 Å². The predicted octanol–water partition coefficient (Wildman–Crippen LogP) is 2.29. The highest BCUT2D eigenvalue weighted by Gasteiger charge is 2.21. The van der Waals surface area contributed by atoms with E-state index in [0.717, 1.165) is 35.5 Å². The topological polar surface area (TPSA) is 72.9 Å². The van der Waals surface area contributed by atoms with Crippen molar-refractivity contribution in [2.24, 2.45) is 11.7 Å². The van der Waals surface area contributed by atoms with E-state index in [0.29, 0.717) is 6.54 Å². The molecule has 22 heavy (non-hydrogen) atoms. The fourth-order valence-electron chi connectivity index (χ4n) is 2.75. The summed E-state index contributed by atoms with van der Waals surface area (Å²) in [5.74, 6) is 0.829. The molecule has 2 aromatic rings. The molecule has 7 heteroatoms. The van der Waals surface area contributed by atoms with Crippen LogP contribution in [0.5, 0.6) is 0 Å². The predicted molar refractivity (Wildman–Crippen MR) is 90.1 cm³/mol. The number of piperidine rings is 1. The molecule has 120 valence electrons. The molecule has 2 aromatic heterocycles. The molecule has 0 bridgehead atoms. The van der Waals surface area contributed by atoms with Gasteiger partial charge in [-0.1, -0.05) is 12.1 Å². The minimum atomic E-state index is 0.0666. The third-order valence-electron chi connectivity index (χ3n) is 4.10. The third kappa shape index (κ3) is 3.30. The fraction of sp³-hybridized carbons (Fsp3) is 0.667. The van der Waals surface area contributed by atoms with Crippen LogP contribution in [0.2, 0.25) is 0 Å². The molecule has 6 nitrogen and oxygen atoms in total. The second kappa shape index (κ2) is 6.34. The molecule has 0 spiro atoms. The lowest BCUT2D eigenvalue weighted by Gasteiger charge is -2.29. The van der Waals surface area contributed by atoms with Crippen LogP contribution in [0.15, 0.2) is 6.20 Å². The molecule has 1 saturated heterocycles. The molecule has 0 amide bonds. The summed E-state index contributed by atoms with van der Waals surface area (Å²) in [7, 11) is 0. The monoisotopic (exact) mass is 320 g/mol. The van der Waals surface area contributed by atoms with Gasteiger partial charge in [-0.05, 0) is 32.6 Å². The first kappa shape index (κ1) is 15.4. The zero-order valence-corrected chi connectivity index (χ0v) is 14.3. The SMILES string of the molecule is Cc1sc(N2CCC(C)CC2)nc1-c1cn(C[C@@H](C)N)nn1. The van der Waals surface area contributed by atoms with Crippen LogP contribution in [0.1, 0.15) is 31.6 Å². The standard InChI is InChI=1S/C15H24N6S/c1-10-4-6-20(7-5-10)15-17-14(12(3)22-15)13-9-21(19-18-13)8-11(2)16/h9-11H,4-8,16H2,1-3H3/t11-/m1/s1. The van der Waals surface area contributed by atoms with Crippen LogP contribution in [-0.4, -0.2) is 39.1 Å². The molecule has 0 saturated carbocycles. The maximum atomic E-state index is 5.81. The Morgan fingerprint density at radius 2 is 2.14 bits per heavy atom. The van der Waals surface area contributed by atoms with Crippen LogP contribution in [0.3, 0.4) is 0 Å².